The van der Waals surface area contributed by atoms with Crippen LogP contribution in [0.2, 0.25) is 0 Å². The lowest BCUT2D eigenvalue weighted by molar-refractivity contribution is -0.118. The van der Waals surface area contributed by atoms with E-state index >= 15 is 0 Å². The monoisotopic (exact) mass is 298 g/mol. The highest BCUT2D eigenvalue weighted by molar-refractivity contribution is 5.93. The van der Waals surface area contributed by atoms with Crippen molar-refractivity contribution in [2.24, 2.45) is 0 Å². The number of benzene rings is 2. The fourth-order valence-electron chi connectivity index (χ4n) is 2.33. The number of para-hydroxylation sites is 1. The van der Waals surface area contributed by atoms with Gasteiger partial charge in [0.25, 0.3) is 5.91 Å². The second-order valence-corrected chi connectivity index (χ2v) is 5.07. The van der Waals surface area contributed by atoms with Gasteiger partial charge in [0.15, 0.2) is 6.61 Å². The van der Waals surface area contributed by atoms with Crippen molar-refractivity contribution in [2.75, 3.05) is 17.7 Å². The van der Waals surface area contributed by atoms with Gasteiger partial charge in [0, 0.05) is 17.4 Å². The smallest absolute Gasteiger partial charge is 0.262 e. The van der Waals surface area contributed by atoms with Crippen LogP contribution in [-0.4, -0.2) is 12.5 Å². The van der Waals surface area contributed by atoms with Crippen molar-refractivity contribution in [3.63, 3.8) is 0 Å². The van der Waals surface area contributed by atoms with Crippen molar-refractivity contribution < 1.29 is 9.53 Å². The first-order valence-electron chi connectivity index (χ1n) is 7.53. The number of carbonyl (C=O) groups excluding carboxylic acids is 1. The summed E-state index contributed by atoms with van der Waals surface area (Å²) >= 11 is 0. The summed E-state index contributed by atoms with van der Waals surface area (Å²) < 4.78 is 5.48. The van der Waals surface area contributed by atoms with Crippen LogP contribution in [0.3, 0.4) is 0 Å². The van der Waals surface area contributed by atoms with Gasteiger partial charge in [-0.25, -0.2) is 0 Å². The number of anilines is 2. The standard InChI is InChI=1S/C18H22N2O2/c1-3-13-7-5-8-14(4-2)18(13)20-17(21)12-22-16-10-6-9-15(19)11-16/h5-11H,3-4,12,19H2,1-2H3,(H,20,21). The van der Waals surface area contributed by atoms with Gasteiger partial charge in [-0.1, -0.05) is 38.1 Å². The van der Waals surface area contributed by atoms with Gasteiger partial charge < -0.3 is 15.8 Å². The number of hydrogen-bond acceptors (Lipinski definition) is 3. The molecule has 2 aromatic carbocycles. The Hall–Kier alpha value is -2.49. The molecule has 0 atom stereocenters. The van der Waals surface area contributed by atoms with E-state index in [9.17, 15) is 4.79 Å². The number of nitrogen functional groups attached to an aromatic ring is 1. The SMILES string of the molecule is CCc1cccc(CC)c1NC(=O)COc1cccc(N)c1. The minimum Gasteiger partial charge on any atom is -0.484 e. The topological polar surface area (TPSA) is 64.3 Å². The van der Waals surface area contributed by atoms with Gasteiger partial charge >= 0.3 is 0 Å². The second-order valence-electron chi connectivity index (χ2n) is 5.07. The molecule has 22 heavy (non-hydrogen) atoms. The highest BCUT2D eigenvalue weighted by atomic mass is 16.5. The molecular weight excluding hydrogens is 276 g/mol. The van der Waals surface area contributed by atoms with E-state index < -0.39 is 0 Å². The zero-order valence-electron chi connectivity index (χ0n) is 13.1. The number of hydrogen-bond donors (Lipinski definition) is 2. The highest BCUT2D eigenvalue weighted by Gasteiger charge is 2.10. The first kappa shape index (κ1) is 15.9. The van der Waals surface area contributed by atoms with Crippen LogP contribution in [0.25, 0.3) is 0 Å². The largest absolute Gasteiger partial charge is 0.484 e. The number of amides is 1. The second kappa shape index (κ2) is 7.50. The van der Waals surface area contributed by atoms with Gasteiger partial charge in [-0.2, -0.15) is 0 Å². The predicted octanol–water partition coefficient (Wildman–Crippen LogP) is 3.41. The van der Waals surface area contributed by atoms with Crippen LogP contribution in [0.1, 0.15) is 25.0 Å². The molecule has 0 aliphatic carbocycles. The number of rotatable bonds is 6. The molecule has 0 saturated carbocycles. The Labute approximate surface area is 131 Å². The van der Waals surface area contributed by atoms with Crippen molar-refractivity contribution >= 4 is 17.3 Å². The Morgan fingerprint density at radius 1 is 1.09 bits per heavy atom. The van der Waals surface area contributed by atoms with Gasteiger partial charge in [-0.05, 0) is 36.1 Å². The number of ether oxygens (including phenoxy) is 1. The fourth-order valence-corrected chi connectivity index (χ4v) is 2.33. The molecule has 2 rings (SSSR count). The summed E-state index contributed by atoms with van der Waals surface area (Å²) in [5.41, 5.74) is 9.48. The van der Waals surface area contributed by atoms with Crippen molar-refractivity contribution in [1.82, 2.24) is 0 Å². The molecule has 1 amide bonds. The lowest BCUT2D eigenvalue weighted by Crippen LogP contribution is -2.21. The van der Waals surface area contributed by atoms with E-state index in [1.807, 2.05) is 18.2 Å². The normalized spacial score (nSPS) is 10.3. The van der Waals surface area contributed by atoms with E-state index in [1.54, 1.807) is 24.3 Å². The van der Waals surface area contributed by atoms with Gasteiger partial charge in [0.2, 0.25) is 0 Å². The number of carbonyl (C=O) groups is 1. The molecule has 2 aromatic rings. The maximum absolute atomic E-state index is 12.1. The summed E-state index contributed by atoms with van der Waals surface area (Å²) in [6.45, 7) is 4.12. The van der Waals surface area contributed by atoms with E-state index in [0.717, 1.165) is 29.7 Å². The van der Waals surface area contributed by atoms with Crippen LogP contribution < -0.4 is 15.8 Å². The van der Waals surface area contributed by atoms with Crippen LogP contribution in [0.15, 0.2) is 42.5 Å². The van der Waals surface area contributed by atoms with Crippen molar-refractivity contribution in [2.45, 2.75) is 26.7 Å². The molecule has 4 heteroatoms. The fraction of sp³-hybridized carbons (Fsp3) is 0.278. The molecule has 3 N–H and O–H groups in total. The quantitative estimate of drug-likeness (QED) is 0.803. The third kappa shape index (κ3) is 4.01. The number of aryl methyl sites for hydroxylation is 2. The zero-order chi connectivity index (χ0) is 15.9. The summed E-state index contributed by atoms with van der Waals surface area (Å²) in [5.74, 6) is 0.424. The van der Waals surface area contributed by atoms with Crippen LogP contribution in [0.5, 0.6) is 5.75 Å². The molecule has 0 fully saturated rings. The third-order valence-electron chi connectivity index (χ3n) is 3.49. The maximum atomic E-state index is 12.1. The van der Waals surface area contributed by atoms with E-state index in [-0.39, 0.29) is 12.5 Å². The Kier molecular flexibility index (Phi) is 5.42. The highest BCUT2D eigenvalue weighted by Crippen LogP contribution is 2.22. The van der Waals surface area contributed by atoms with Gasteiger partial charge in [-0.3, -0.25) is 4.79 Å². The molecule has 0 unspecified atom stereocenters. The number of nitrogens with two attached hydrogens (primary N) is 1. The Balaban J connectivity index is 2.03. The lowest BCUT2D eigenvalue weighted by Gasteiger charge is -2.14. The number of nitrogens with one attached hydrogen (secondary N) is 1. The van der Waals surface area contributed by atoms with E-state index in [4.69, 9.17) is 10.5 Å². The Morgan fingerprint density at radius 2 is 1.73 bits per heavy atom. The average molecular weight is 298 g/mol. The minimum absolute atomic E-state index is 0.0370. The van der Waals surface area contributed by atoms with Crippen LogP contribution >= 0.6 is 0 Å². The van der Waals surface area contributed by atoms with Gasteiger partial charge in [-0.15, -0.1) is 0 Å². The first-order valence-corrected chi connectivity index (χ1v) is 7.53. The molecule has 0 heterocycles. The summed E-state index contributed by atoms with van der Waals surface area (Å²) in [7, 11) is 0. The van der Waals surface area contributed by atoms with Gasteiger partial charge in [0.1, 0.15) is 5.75 Å². The Bertz CT molecular complexity index is 631. The maximum Gasteiger partial charge on any atom is 0.262 e. The lowest BCUT2D eigenvalue weighted by atomic mass is 10.0. The minimum atomic E-state index is -0.168. The average Bonchev–Trinajstić information content (AvgIpc) is 2.53. The molecule has 0 aromatic heterocycles. The van der Waals surface area contributed by atoms with E-state index in [2.05, 4.69) is 19.2 Å². The van der Waals surface area contributed by atoms with Crippen molar-refractivity contribution in [1.29, 1.82) is 0 Å². The molecule has 4 nitrogen and oxygen atoms in total. The Morgan fingerprint density at radius 3 is 2.32 bits per heavy atom. The van der Waals surface area contributed by atoms with Crippen LogP contribution in [0, 0.1) is 0 Å². The van der Waals surface area contributed by atoms with Crippen molar-refractivity contribution in [3.8, 4) is 5.75 Å². The van der Waals surface area contributed by atoms with Crippen LogP contribution in [-0.2, 0) is 17.6 Å². The molecule has 0 aliphatic heterocycles. The molecule has 0 spiro atoms. The van der Waals surface area contributed by atoms with E-state index in [1.165, 1.54) is 0 Å². The first-order chi connectivity index (χ1) is 10.6. The summed E-state index contributed by atoms with van der Waals surface area (Å²) in [4.78, 5) is 12.1. The molecule has 0 aliphatic rings. The van der Waals surface area contributed by atoms with Crippen molar-refractivity contribution in [3.05, 3.63) is 53.6 Å². The molecule has 0 radical (unpaired) electrons. The molecule has 0 bridgehead atoms. The molecule has 116 valence electrons. The summed E-state index contributed by atoms with van der Waals surface area (Å²) in [6, 6.07) is 13.1. The molecular formula is C18H22N2O2. The summed E-state index contributed by atoms with van der Waals surface area (Å²) in [6.07, 6.45) is 1.75. The predicted molar refractivity (Wildman–Crippen MR) is 90.2 cm³/mol. The van der Waals surface area contributed by atoms with Gasteiger partial charge in [0.05, 0.1) is 0 Å². The van der Waals surface area contributed by atoms with E-state index in [0.29, 0.717) is 11.4 Å². The van der Waals surface area contributed by atoms with Crippen LogP contribution in [0.4, 0.5) is 11.4 Å². The molecule has 0 saturated heterocycles. The summed E-state index contributed by atoms with van der Waals surface area (Å²) in [5, 5.41) is 2.97. The third-order valence-corrected chi connectivity index (χ3v) is 3.49. The zero-order valence-corrected chi connectivity index (χ0v) is 13.1.